The molecular formula is C17H20N4O3. The number of H-pyrrole nitrogens is 1. The van der Waals surface area contributed by atoms with Crippen LogP contribution < -0.4 is 5.32 Å². The van der Waals surface area contributed by atoms with Gasteiger partial charge in [-0.05, 0) is 37.5 Å². The van der Waals surface area contributed by atoms with Gasteiger partial charge in [-0.3, -0.25) is 9.59 Å². The second-order valence-corrected chi connectivity index (χ2v) is 5.83. The molecule has 2 aromatic rings. The Morgan fingerprint density at radius 3 is 3.00 bits per heavy atom. The summed E-state index contributed by atoms with van der Waals surface area (Å²) in [6.45, 7) is 2.14. The highest BCUT2D eigenvalue weighted by Crippen LogP contribution is 2.23. The molecule has 126 valence electrons. The maximum absolute atomic E-state index is 12.5. The predicted molar refractivity (Wildman–Crippen MR) is 87.3 cm³/mol. The fourth-order valence-corrected chi connectivity index (χ4v) is 2.89. The van der Waals surface area contributed by atoms with E-state index in [2.05, 4.69) is 20.7 Å². The van der Waals surface area contributed by atoms with Crippen molar-refractivity contribution in [1.29, 1.82) is 0 Å². The molecule has 1 heterocycles. The number of amides is 1. The third-order valence-electron chi connectivity index (χ3n) is 4.09. The zero-order chi connectivity index (χ0) is 16.9. The molecule has 0 aliphatic heterocycles. The predicted octanol–water partition coefficient (Wildman–Crippen LogP) is 1.65. The number of hydrogen-bond donors (Lipinski definition) is 2. The molecule has 24 heavy (non-hydrogen) atoms. The van der Waals surface area contributed by atoms with Gasteiger partial charge in [0.25, 0.3) is 0 Å². The summed E-state index contributed by atoms with van der Waals surface area (Å²) in [4.78, 5) is 24.0. The summed E-state index contributed by atoms with van der Waals surface area (Å²) in [5.74, 6) is -0.417. The van der Waals surface area contributed by atoms with Gasteiger partial charge in [0.2, 0.25) is 5.91 Å². The molecule has 0 saturated heterocycles. The molecule has 1 aromatic carbocycles. The summed E-state index contributed by atoms with van der Waals surface area (Å²) in [6, 6.07) is 7.28. The third-order valence-corrected chi connectivity index (χ3v) is 4.09. The van der Waals surface area contributed by atoms with E-state index in [0.29, 0.717) is 18.7 Å². The zero-order valence-corrected chi connectivity index (χ0v) is 13.5. The molecule has 1 amide bonds. The second-order valence-electron chi connectivity index (χ2n) is 5.83. The van der Waals surface area contributed by atoms with Gasteiger partial charge in [-0.25, -0.2) is 0 Å². The number of carbonyl (C=O) groups excluding carboxylic acids is 2. The normalized spacial score (nSPS) is 16.3. The van der Waals surface area contributed by atoms with Crippen LogP contribution in [0, 0.1) is 5.92 Å². The number of benzene rings is 1. The van der Waals surface area contributed by atoms with Gasteiger partial charge in [-0.2, -0.15) is 15.4 Å². The van der Waals surface area contributed by atoms with Gasteiger partial charge in [0.05, 0.1) is 24.4 Å². The lowest BCUT2D eigenvalue weighted by molar-refractivity contribution is -0.142. The Kier molecular flexibility index (Phi) is 4.88. The van der Waals surface area contributed by atoms with Gasteiger partial charge in [0.15, 0.2) is 0 Å². The summed E-state index contributed by atoms with van der Waals surface area (Å²) in [6.07, 6.45) is 2.31. The van der Waals surface area contributed by atoms with Crippen LogP contribution >= 0.6 is 0 Å². The average Bonchev–Trinajstić information content (AvgIpc) is 3.03. The van der Waals surface area contributed by atoms with Gasteiger partial charge < -0.3 is 10.1 Å². The molecule has 3 rings (SSSR count). The highest BCUT2D eigenvalue weighted by atomic mass is 16.5. The number of carbonyl (C=O) groups is 2. The summed E-state index contributed by atoms with van der Waals surface area (Å²) >= 11 is 0. The Bertz CT molecular complexity index is 741. The van der Waals surface area contributed by atoms with Crippen molar-refractivity contribution in [2.45, 2.75) is 32.6 Å². The van der Waals surface area contributed by atoms with Crippen LogP contribution in [0.3, 0.4) is 0 Å². The summed E-state index contributed by atoms with van der Waals surface area (Å²) in [7, 11) is 0. The van der Waals surface area contributed by atoms with Crippen LogP contribution in [0.15, 0.2) is 24.3 Å². The minimum Gasteiger partial charge on any atom is -0.466 e. The largest absolute Gasteiger partial charge is 0.466 e. The molecule has 0 bridgehead atoms. The molecule has 1 atom stereocenters. The molecule has 0 fully saturated rings. The van der Waals surface area contributed by atoms with Crippen LogP contribution in [0.25, 0.3) is 0 Å². The fraction of sp³-hybridized carbons (Fsp3) is 0.412. The van der Waals surface area contributed by atoms with E-state index in [1.807, 2.05) is 18.2 Å². The van der Waals surface area contributed by atoms with Crippen molar-refractivity contribution in [2.24, 2.45) is 5.92 Å². The second kappa shape index (κ2) is 7.25. The lowest BCUT2D eigenvalue weighted by Crippen LogP contribution is -2.28. The minimum absolute atomic E-state index is 0.0306. The Labute approximate surface area is 139 Å². The zero-order valence-electron chi connectivity index (χ0n) is 13.5. The van der Waals surface area contributed by atoms with Gasteiger partial charge in [-0.1, -0.05) is 12.1 Å². The molecule has 0 saturated carbocycles. The molecule has 0 spiro atoms. The summed E-state index contributed by atoms with van der Waals surface area (Å²) in [5, 5.41) is 13.7. The molecule has 1 aliphatic carbocycles. The van der Waals surface area contributed by atoms with Crippen LogP contribution in [0.2, 0.25) is 0 Å². The van der Waals surface area contributed by atoms with Gasteiger partial charge in [0, 0.05) is 18.0 Å². The van der Waals surface area contributed by atoms with Crippen LogP contribution in [-0.4, -0.2) is 33.9 Å². The fourth-order valence-electron chi connectivity index (χ4n) is 2.89. The number of hydrogen-bond acceptors (Lipinski definition) is 5. The Morgan fingerprint density at radius 2 is 2.17 bits per heavy atom. The topological polar surface area (TPSA) is 97.0 Å². The van der Waals surface area contributed by atoms with Crippen molar-refractivity contribution < 1.29 is 14.3 Å². The number of nitrogens with one attached hydrogen (secondary N) is 2. The smallest absolute Gasteiger partial charge is 0.310 e. The van der Waals surface area contributed by atoms with Crippen LogP contribution in [0.5, 0.6) is 0 Å². The van der Waals surface area contributed by atoms with Crippen molar-refractivity contribution in [3.8, 4) is 0 Å². The number of aromatic amines is 1. The Balaban J connectivity index is 1.61. The molecule has 1 aromatic heterocycles. The molecule has 7 nitrogen and oxygen atoms in total. The number of ether oxygens (including phenoxy) is 1. The van der Waals surface area contributed by atoms with Crippen molar-refractivity contribution in [3.63, 3.8) is 0 Å². The Morgan fingerprint density at radius 1 is 1.33 bits per heavy atom. The van der Waals surface area contributed by atoms with Gasteiger partial charge in [0.1, 0.15) is 0 Å². The highest BCUT2D eigenvalue weighted by molar-refractivity contribution is 5.93. The third kappa shape index (κ3) is 3.79. The molecule has 7 heteroatoms. The number of rotatable bonds is 5. The van der Waals surface area contributed by atoms with E-state index < -0.39 is 0 Å². The number of aromatic nitrogens is 3. The standard InChI is InChI=1S/C17H20N4O3/c1-2-24-16(22)9-11-4-3-5-13(8-11)18-17(23)12-6-7-14-15(10-12)20-21-19-14/h3-5,8,12H,2,6-7,9-10H2,1H3,(H,18,23)(H,19,20,21)/t12-/m1/s1. The maximum Gasteiger partial charge on any atom is 0.310 e. The van der Waals surface area contributed by atoms with E-state index in [9.17, 15) is 9.59 Å². The molecule has 1 aliphatic rings. The maximum atomic E-state index is 12.5. The highest BCUT2D eigenvalue weighted by Gasteiger charge is 2.27. The van der Waals surface area contributed by atoms with E-state index in [-0.39, 0.29) is 24.2 Å². The number of fused-ring (bicyclic) bond motifs is 1. The number of nitrogens with zero attached hydrogens (tertiary/aromatic N) is 2. The molecule has 0 radical (unpaired) electrons. The quantitative estimate of drug-likeness (QED) is 0.814. The van der Waals surface area contributed by atoms with Crippen LogP contribution in [0.4, 0.5) is 5.69 Å². The Hall–Kier alpha value is -2.70. The first-order chi connectivity index (χ1) is 11.7. The molecular weight excluding hydrogens is 308 g/mol. The van der Waals surface area contributed by atoms with E-state index in [1.165, 1.54) is 0 Å². The first kappa shape index (κ1) is 16.2. The first-order valence-electron chi connectivity index (χ1n) is 8.09. The van der Waals surface area contributed by atoms with Gasteiger partial charge >= 0.3 is 5.97 Å². The average molecular weight is 328 g/mol. The van der Waals surface area contributed by atoms with Crippen LogP contribution in [0.1, 0.15) is 30.3 Å². The minimum atomic E-state index is -0.271. The van der Waals surface area contributed by atoms with Crippen molar-refractivity contribution >= 4 is 17.6 Å². The molecule has 0 unspecified atom stereocenters. The summed E-state index contributed by atoms with van der Waals surface area (Å²) < 4.78 is 4.95. The van der Waals surface area contributed by atoms with Crippen molar-refractivity contribution in [2.75, 3.05) is 11.9 Å². The van der Waals surface area contributed by atoms with Gasteiger partial charge in [-0.15, -0.1) is 0 Å². The summed E-state index contributed by atoms with van der Waals surface area (Å²) in [5.41, 5.74) is 3.33. The first-order valence-corrected chi connectivity index (χ1v) is 8.09. The monoisotopic (exact) mass is 328 g/mol. The van der Waals surface area contributed by atoms with Crippen LogP contribution in [-0.2, 0) is 33.6 Å². The van der Waals surface area contributed by atoms with E-state index in [1.54, 1.807) is 13.0 Å². The number of esters is 1. The van der Waals surface area contributed by atoms with Crippen molar-refractivity contribution in [1.82, 2.24) is 15.4 Å². The van der Waals surface area contributed by atoms with E-state index in [4.69, 9.17) is 4.74 Å². The lowest BCUT2D eigenvalue weighted by atomic mass is 9.89. The van der Waals surface area contributed by atoms with E-state index >= 15 is 0 Å². The van der Waals surface area contributed by atoms with E-state index in [0.717, 1.165) is 29.8 Å². The van der Waals surface area contributed by atoms with Crippen molar-refractivity contribution in [3.05, 3.63) is 41.2 Å². The SMILES string of the molecule is CCOC(=O)Cc1cccc(NC(=O)[C@@H]2CCc3n[nH]nc3C2)c1. The number of anilines is 1. The number of aryl methyl sites for hydroxylation is 1. The molecule has 2 N–H and O–H groups in total. The lowest BCUT2D eigenvalue weighted by Gasteiger charge is -2.19.